The third-order valence-corrected chi connectivity index (χ3v) is 2.08. The molecule has 0 amide bonds. The number of rotatable bonds is 2. The Morgan fingerprint density at radius 3 is 2.50 bits per heavy atom. The summed E-state index contributed by atoms with van der Waals surface area (Å²) in [4.78, 5) is 10.6. The van der Waals surface area contributed by atoms with E-state index < -0.39 is 17.0 Å². The van der Waals surface area contributed by atoms with E-state index in [-0.39, 0.29) is 0 Å². The van der Waals surface area contributed by atoms with Gasteiger partial charge in [0, 0.05) is 6.08 Å². The van der Waals surface area contributed by atoms with Crippen molar-refractivity contribution in [2.24, 2.45) is 0 Å². The van der Waals surface area contributed by atoms with Gasteiger partial charge < -0.3 is 0 Å². The lowest BCUT2D eigenvalue weighted by atomic mass is 10.0. The Balaban J connectivity index is 3.13. The molecule has 0 bridgehead atoms. The van der Waals surface area contributed by atoms with Crippen LogP contribution in [0.2, 0.25) is 0 Å². The third-order valence-electron chi connectivity index (χ3n) is 1.98. The van der Waals surface area contributed by atoms with E-state index in [1.807, 2.05) is 0 Å². The lowest BCUT2D eigenvalue weighted by molar-refractivity contribution is -0.137. The Kier molecular flexibility index (Phi) is 3.75. The molecule has 0 aliphatic heterocycles. The number of hydrogen-bond donors (Lipinski definition) is 0. The fraction of sp³-hybridized carbons (Fsp3) is 0.182. The number of hydrogen-bond acceptors (Lipinski definition) is 1. The summed E-state index contributed by atoms with van der Waals surface area (Å²) in [5.74, 6) is 0. The van der Waals surface area contributed by atoms with Crippen LogP contribution < -0.4 is 0 Å². The molecule has 0 atom stereocenters. The minimum atomic E-state index is -4.39. The molecule has 0 saturated carbocycles. The molecule has 1 aromatic carbocycles. The number of benzene rings is 1. The molecule has 0 saturated heterocycles. The van der Waals surface area contributed by atoms with Gasteiger partial charge in [0.1, 0.15) is 0 Å². The second kappa shape index (κ2) is 4.70. The summed E-state index contributed by atoms with van der Waals surface area (Å²) in [7, 11) is 0. The van der Waals surface area contributed by atoms with E-state index in [1.54, 1.807) is 0 Å². The highest BCUT2D eigenvalue weighted by Crippen LogP contribution is 2.30. The van der Waals surface area contributed by atoms with Gasteiger partial charge in [-0.25, -0.2) is 0 Å². The van der Waals surface area contributed by atoms with Gasteiger partial charge in [0.2, 0.25) is 5.24 Å². The van der Waals surface area contributed by atoms with Crippen LogP contribution >= 0.6 is 11.6 Å². The van der Waals surface area contributed by atoms with Crippen molar-refractivity contribution in [1.29, 1.82) is 0 Å². The second-order valence-corrected chi connectivity index (χ2v) is 3.58. The summed E-state index contributed by atoms with van der Waals surface area (Å²) >= 11 is 5.11. The van der Waals surface area contributed by atoms with E-state index in [0.717, 1.165) is 18.2 Å². The summed E-state index contributed by atoms with van der Waals surface area (Å²) in [6.07, 6.45) is -3.31. The summed E-state index contributed by atoms with van der Waals surface area (Å²) in [5.41, 5.74) is -0.0327. The molecular weight excluding hydrogens is 241 g/mol. The van der Waals surface area contributed by atoms with Crippen molar-refractivity contribution in [3.63, 3.8) is 0 Å². The molecule has 1 nitrogen and oxygen atoms in total. The Hall–Kier alpha value is -1.29. The van der Waals surface area contributed by atoms with E-state index in [9.17, 15) is 18.0 Å². The van der Waals surface area contributed by atoms with E-state index in [0.29, 0.717) is 11.1 Å². The van der Waals surface area contributed by atoms with Gasteiger partial charge in [-0.05, 0) is 41.8 Å². The summed E-state index contributed by atoms with van der Waals surface area (Å²) in [5, 5.41) is -0.713. The van der Waals surface area contributed by atoms with Crippen molar-refractivity contribution in [1.82, 2.24) is 0 Å². The standard InChI is InChI=1S/C11H8ClF3O/c1-7(5-10(12)16)8-3-2-4-9(6-8)11(13,14)15/h2-6H,1H3. The average molecular weight is 249 g/mol. The molecule has 0 radical (unpaired) electrons. The first-order valence-corrected chi connectivity index (χ1v) is 4.74. The zero-order valence-corrected chi connectivity index (χ0v) is 9.06. The van der Waals surface area contributed by atoms with Crippen LogP contribution in [0, 0.1) is 0 Å². The molecule has 1 aromatic rings. The largest absolute Gasteiger partial charge is 0.416 e. The first-order valence-electron chi connectivity index (χ1n) is 4.36. The van der Waals surface area contributed by atoms with Crippen molar-refractivity contribution < 1.29 is 18.0 Å². The minimum absolute atomic E-state index is 0.323. The minimum Gasteiger partial charge on any atom is -0.276 e. The SMILES string of the molecule is CC(=CC(=O)Cl)c1cccc(C(F)(F)F)c1. The van der Waals surface area contributed by atoms with Crippen LogP contribution in [0.5, 0.6) is 0 Å². The predicted octanol–water partition coefficient (Wildman–Crippen LogP) is 3.87. The zero-order valence-electron chi connectivity index (χ0n) is 8.31. The maximum absolute atomic E-state index is 12.4. The van der Waals surface area contributed by atoms with Crippen LogP contribution in [0.1, 0.15) is 18.1 Å². The smallest absolute Gasteiger partial charge is 0.276 e. The summed E-state index contributed by atoms with van der Waals surface area (Å²) in [6.45, 7) is 1.52. The van der Waals surface area contributed by atoms with Gasteiger partial charge in [0.15, 0.2) is 0 Å². The number of halogens is 4. The first kappa shape index (κ1) is 12.8. The van der Waals surface area contributed by atoms with E-state index in [1.165, 1.54) is 19.1 Å². The number of alkyl halides is 3. The van der Waals surface area contributed by atoms with Gasteiger partial charge >= 0.3 is 6.18 Å². The highest BCUT2D eigenvalue weighted by atomic mass is 35.5. The number of carbonyl (C=O) groups excluding carboxylic acids is 1. The van der Waals surface area contributed by atoms with Crippen LogP contribution in [0.25, 0.3) is 5.57 Å². The Bertz CT molecular complexity index is 435. The molecule has 0 spiro atoms. The second-order valence-electron chi connectivity index (χ2n) is 3.21. The Morgan fingerprint density at radius 1 is 1.38 bits per heavy atom. The lowest BCUT2D eigenvalue weighted by Crippen LogP contribution is -2.04. The molecule has 0 N–H and O–H groups in total. The average Bonchev–Trinajstić information content (AvgIpc) is 2.15. The highest BCUT2D eigenvalue weighted by Gasteiger charge is 2.30. The molecule has 0 fully saturated rings. The van der Waals surface area contributed by atoms with Gasteiger partial charge in [0.25, 0.3) is 0 Å². The number of allylic oxidation sites excluding steroid dienone is 2. The van der Waals surface area contributed by atoms with Crippen molar-refractivity contribution >= 4 is 22.4 Å². The molecule has 0 aromatic heterocycles. The molecule has 0 aliphatic rings. The molecule has 86 valence electrons. The van der Waals surface area contributed by atoms with Gasteiger partial charge in [0.05, 0.1) is 5.56 Å². The normalized spacial score (nSPS) is 12.7. The van der Waals surface area contributed by atoms with Crippen LogP contribution in [0.3, 0.4) is 0 Å². The van der Waals surface area contributed by atoms with Crippen molar-refractivity contribution in [2.45, 2.75) is 13.1 Å². The van der Waals surface area contributed by atoms with Crippen molar-refractivity contribution in [2.75, 3.05) is 0 Å². The molecular formula is C11H8ClF3O. The fourth-order valence-corrected chi connectivity index (χ4v) is 1.36. The highest BCUT2D eigenvalue weighted by molar-refractivity contribution is 6.67. The molecule has 1 rings (SSSR count). The van der Waals surface area contributed by atoms with E-state index in [2.05, 4.69) is 0 Å². The summed E-state index contributed by atoms with van der Waals surface area (Å²) < 4.78 is 37.1. The van der Waals surface area contributed by atoms with E-state index >= 15 is 0 Å². The van der Waals surface area contributed by atoms with Gasteiger partial charge in [-0.2, -0.15) is 13.2 Å². The first-order chi connectivity index (χ1) is 7.30. The van der Waals surface area contributed by atoms with Gasteiger partial charge in [-0.1, -0.05) is 12.1 Å². The van der Waals surface area contributed by atoms with Gasteiger partial charge in [-0.15, -0.1) is 0 Å². The van der Waals surface area contributed by atoms with Crippen LogP contribution in [0.4, 0.5) is 13.2 Å². The third kappa shape index (κ3) is 3.38. The lowest BCUT2D eigenvalue weighted by Gasteiger charge is -2.08. The van der Waals surface area contributed by atoms with Crippen LogP contribution in [-0.4, -0.2) is 5.24 Å². The fourth-order valence-electron chi connectivity index (χ4n) is 1.19. The quantitative estimate of drug-likeness (QED) is 0.573. The Morgan fingerprint density at radius 2 is 2.00 bits per heavy atom. The van der Waals surface area contributed by atoms with Gasteiger partial charge in [-0.3, -0.25) is 4.79 Å². The maximum atomic E-state index is 12.4. The predicted molar refractivity (Wildman–Crippen MR) is 56.0 cm³/mol. The molecule has 0 unspecified atom stereocenters. The topological polar surface area (TPSA) is 17.1 Å². The number of carbonyl (C=O) groups is 1. The van der Waals surface area contributed by atoms with E-state index in [4.69, 9.17) is 11.6 Å². The van der Waals surface area contributed by atoms with Crippen molar-refractivity contribution in [3.05, 3.63) is 41.5 Å². The van der Waals surface area contributed by atoms with Crippen LogP contribution in [0.15, 0.2) is 30.3 Å². The summed E-state index contributed by atoms with van der Waals surface area (Å²) in [6, 6.07) is 4.72. The molecule has 16 heavy (non-hydrogen) atoms. The molecule has 5 heteroatoms. The van der Waals surface area contributed by atoms with Crippen molar-refractivity contribution in [3.8, 4) is 0 Å². The van der Waals surface area contributed by atoms with Crippen LogP contribution in [-0.2, 0) is 11.0 Å². The zero-order chi connectivity index (χ0) is 12.3. The molecule has 0 aliphatic carbocycles. The Labute approximate surface area is 95.5 Å². The molecule has 0 heterocycles. The maximum Gasteiger partial charge on any atom is 0.416 e. The monoisotopic (exact) mass is 248 g/mol.